The number of hydrazine groups is 1. The van der Waals surface area contributed by atoms with Gasteiger partial charge in [-0.1, -0.05) is 29.8 Å². The van der Waals surface area contributed by atoms with Crippen molar-refractivity contribution < 1.29 is 14.5 Å². The largest absolute Gasteiger partial charge is 0.269 e. The number of aryl methyl sites for hydroxylation is 1. The lowest BCUT2D eigenvalue weighted by Gasteiger charge is -2.05. The zero-order chi connectivity index (χ0) is 17.5. The van der Waals surface area contributed by atoms with Crippen LogP contribution in [0, 0.1) is 17.0 Å². The summed E-state index contributed by atoms with van der Waals surface area (Å²) in [5.74, 6) is -1.06. The Morgan fingerprint density at radius 2 is 1.62 bits per heavy atom. The van der Waals surface area contributed by atoms with Crippen molar-refractivity contribution in [3.05, 3.63) is 81.4 Å². The van der Waals surface area contributed by atoms with E-state index in [1.165, 1.54) is 30.3 Å². The van der Waals surface area contributed by atoms with Crippen molar-refractivity contribution in [1.29, 1.82) is 0 Å². The number of rotatable bonds is 4. The molecule has 0 bridgehead atoms. The molecule has 0 saturated heterocycles. The number of nitrogens with one attached hydrogen (secondary N) is 2. The molecule has 0 spiro atoms. The van der Waals surface area contributed by atoms with Gasteiger partial charge in [-0.05, 0) is 30.7 Å². The van der Waals surface area contributed by atoms with Gasteiger partial charge in [-0.15, -0.1) is 0 Å². The lowest BCUT2D eigenvalue weighted by atomic mass is 10.1. The summed E-state index contributed by atoms with van der Waals surface area (Å²) in [5, 5.41) is 10.5. The highest BCUT2D eigenvalue weighted by atomic mass is 16.6. The maximum absolute atomic E-state index is 11.8. The number of nitro groups is 1. The van der Waals surface area contributed by atoms with E-state index in [1.807, 2.05) is 31.2 Å². The van der Waals surface area contributed by atoms with Crippen LogP contribution in [0.1, 0.15) is 21.5 Å². The number of non-ortho nitro benzene ring substituents is 1. The smallest absolute Gasteiger partial charge is 0.268 e. The highest BCUT2D eigenvalue weighted by Gasteiger charge is 2.09. The third kappa shape index (κ3) is 4.77. The van der Waals surface area contributed by atoms with Crippen LogP contribution in [0.3, 0.4) is 0 Å². The predicted molar refractivity (Wildman–Crippen MR) is 88.9 cm³/mol. The summed E-state index contributed by atoms with van der Waals surface area (Å²) in [6, 6.07) is 12.6. The molecular weight excluding hydrogens is 310 g/mol. The van der Waals surface area contributed by atoms with Crippen molar-refractivity contribution in [2.45, 2.75) is 6.92 Å². The van der Waals surface area contributed by atoms with E-state index >= 15 is 0 Å². The van der Waals surface area contributed by atoms with Crippen LogP contribution in [0.5, 0.6) is 0 Å². The first-order valence-corrected chi connectivity index (χ1v) is 7.05. The summed E-state index contributed by atoms with van der Waals surface area (Å²) in [5.41, 5.74) is 6.53. The molecule has 2 rings (SSSR count). The Labute approximate surface area is 138 Å². The van der Waals surface area contributed by atoms with E-state index in [4.69, 9.17) is 0 Å². The molecule has 2 amide bonds. The Hall–Kier alpha value is -3.48. The Morgan fingerprint density at radius 1 is 1.00 bits per heavy atom. The monoisotopic (exact) mass is 325 g/mol. The van der Waals surface area contributed by atoms with Crippen LogP contribution in [0.25, 0.3) is 6.08 Å². The van der Waals surface area contributed by atoms with Crippen molar-refractivity contribution in [3.8, 4) is 0 Å². The average molecular weight is 325 g/mol. The Balaban J connectivity index is 1.87. The molecule has 0 atom stereocenters. The molecule has 0 heterocycles. The molecule has 2 aromatic rings. The van der Waals surface area contributed by atoms with Crippen LogP contribution in [0.4, 0.5) is 5.69 Å². The van der Waals surface area contributed by atoms with Crippen LogP contribution in [0.15, 0.2) is 54.6 Å². The minimum absolute atomic E-state index is 0.114. The van der Waals surface area contributed by atoms with Gasteiger partial charge in [0.1, 0.15) is 0 Å². The average Bonchev–Trinajstić information content (AvgIpc) is 2.59. The lowest BCUT2D eigenvalue weighted by molar-refractivity contribution is -0.384. The van der Waals surface area contributed by atoms with E-state index in [2.05, 4.69) is 10.9 Å². The van der Waals surface area contributed by atoms with E-state index < -0.39 is 16.7 Å². The zero-order valence-corrected chi connectivity index (χ0v) is 12.9. The molecule has 7 nitrogen and oxygen atoms in total. The third-order valence-electron chi connectivity index (χ3n) is 3.14. The molecule has 0 aliphatic heterocycles. The Bertz CT molecular complexity index is 780. The number of carbonyl (C=O) groups excluding carboxylic acids is 2. The SMILES string of the molecule is Cc1ccc(C=CC(=O)NNC(=O)c2ccc([N+](=O)[O-])cc2)cc1. The molecule has 0 fully saturated rings. The maximum atomic E-state index is 11.8. The van der Waals surface area contributed by atoms with Gasteiger partial charge in [0.05, 0.1) is 4.92 Å². The van der Waals surface area contributed by atoms with Gasteiger partial charge < -0.3 is 0 Å². The van der Waals surface area contributed by atoms with E-state index in [1.54, 1.807) is 6.08 Å². The first-order valence-electron chi connectivity index (χ1n) is 7.05. The van der Waals surface area contributed by atoms with Crippen molar-refractivity contribution in [1.82, 2.24) is 10.9 Å². The summed E-state index contributed by atoms with van der Waals surface area (Å²) in [6.45, 7) is 1.97. The topological polar surface area (TPSA) is 101 Å². The predicted octanol–water partition coefficient (Wildman–Crippen LogP) is 2.38. The van der Waals surface area contributed by atoms with Gasteiger partial charge in [-0.3, -0.25) is 30.6 Å². The zero-order valence-electron chi connectivity index (χ0n) is 12.9. The van der Waals surface area contributed by atoms with Crippen molar-refractivity contribution in [2.24, 2.45) is 0 Å². The number of hydrogen-bond acceptors (Lipinski definition) is 4. The molecule has 2 aromatic carbocycles. The van der Waals surface area contributed by atoms with Crippen LogP contribution < -0.4 is 10.9 Å². The normalized spacial score (nSPS) is 10.4. The molecule has 0 unspecified atom stereocenters. The van der Waals surface area contributed by atoms with Gasteiger partial charge in [-0.2, -0.15) is 0 Å². The molecule has 7 heteroatoms. The summed E-state index contributed by atoms with van der Waals surface area (Å²) >= 11 is 0. The second-order valence-electron chi connectivity index (χ2n) is 4.99. The molecule has 2 N–H and O–H groups in total. The third-order valence-corrected chi connectivity index (χ3v) is 3.14. The van der Waals surface area contributed by atoms with Crippen LogP contribution in [-0.4, -0.2) is 16.7 Å². The Kier molecular flexibility index (Phi) is 5.40. The first kappa shape index (κ1) is 16.9. The number of nitro benzene ring substituents is 1. The molecule has 122 valence electrons. The summed E-state index contributed by atoms with van der Waals surface area (Å²) in [4.78, 5) is 33.5. The van der Waals surface area contributed by atoms with E-state index in [0.717, 1.165) is 11.1 Å². The van der Waals surface area contributed by atoms with Gasteiger partial charge in [-0.25, -0.2) is 0 Å². The van der Waals surface area contributed by atoms with Gasteiger partial charge in [0.25, 0.3) is 17.5 Å². The fraction of sp³-hybridized carbons (Fsp3) is 0.0588. The molecule has 0 aliphatic carbocycles. The van der Waals surface area contributed by atoms with Crippen LogP contribution in [0.2, 0.25) is 0 Å². The molecule has 0 saturated carbocycles. The molecule has 24 heavy (non-hydrogen) atoms. The van der Waals surface area contributed by atoms with E-state index in [9.17, 15) is 19.7 Å². The second kappa shape index (κ2) is 7.68. The highest BCUT2D eigenvalue weighted by molar-refractivity contribution is 5.98. The molecule has 0 radical (unpaired) electrons. The molecule has 0 aromatic heterocycles. The summed E-state index contributed by atoms with van der Waals surface area (Å²) in [7, 11) is 0. The first-order chi connectivity index (χ1) is 11.5. The minimum Gasteiger partial charge on any atom is -0.268 e. The quantitative estimate of drug-likeness (QED) is 0.512. The summed E-state index contributed by atoms with van der Waals surface area (Å²) in [6.07, 6.45) is 2.91. The second-order valence-corrected chi connectivity index (χ2v) is 4.99. The fourth-order valence-corrected chi connectivity index (χ4v) is 1.82. The van der Waals surface area contributed by atoms with Crippen molar-refractivity contribution >= 4 is 23.6 Å². The number of nitrogens with zero attached hydrogens (tertiary/aromatic N) is 1. The number of benzene rings is 2. The standard InChI is InChI=1S/C17H15N3O4/c1-12-2-4-13(5-3-12)6-11-16(21)18-19-17(22)14-7-9-15(10-8-14)20(23)24/h2-11H,1H3,(H,18,21)(H,19,22). The summed E-state index contributed by atoms with van der Waals surface area (Å²) < 4.78 is 0. The minimum atomic E-state index is -0.568. The lowest BCUT2D eigenvalue weighted by Crippen LogP contribution is -2.40. The fourth-order valence-electron chi connectivity index (χ4n) is 1.82. The Morgan fingerprint density at radius 3 is 2.21 bits per heavy atom. The van der Waals surface area contributed by atoms with E-state index in [0.29, 0.717) is 0 Å². The van der Waals surface area contributed by atoms with Gasteiger partial charge in [0, 0.05) is 23.8 Å². The van der Waals surface area contributed by atoms with Gasteiger partial charge in [0.15, 0.2) is 0 Å². The molecule has 0 aliphatic rings. The van der Waals surface area contributed by atoms with Crippen LogP contribution in [-0.2, 0) is 4.79 Å². The maximum Gasteiger partial charge on any atom is 0.269 e. The highest BCUT2D eigenvalue weighted by Crippen LogP contribution is 2.11. The van der Waals surface area contributed by atoms with Crippen molar-refractivity contribution in [2.75, 3.05) is 0 Å². The van der Waals surface area contributed by atoms with Gasteiger partial charge in [0.2, 0.25) is 0 Å². The number of hydrogen-bond donors (Lipinski definition) is 2. The van der Waals surface area contributed by atoms with Crippen LogP contribution >= 0.6 is 0 Å². The number of carbonyl (C=O) groups is 2. The molecular formula is C17H15N3O4. The van der Waals surface area contributed by atoms with Gasteiger partial charge >= 0.3 is 0 Å². The number of amides is 2. The van der Waals surface area contributed by atoms with Crippen molar-refractivity contribution in [3.63, 3.8) is 0 Å². The van der Waals surface area contributed by atoms with E-state index in [-0.39, 0.29) is 11.3 Å².